The number of hydrogen-bond acceptors (Lipinski definition) is 4. The first-order valence-electron chi connectivity index (χ1n) is 7.64. The first kappa shape index (κ1) is 16.9. The highest BCUT2D eigenvalue weighted by Crippen LogP contribution is 2.29. The Hall–Kier alpha value is -0.430. The van der Waals surface area contributed by atoms with E-state index in [1.165, 1.54) is 12.8 Å². The van der Waals surface area contributed by atoms with Crippen molar-refractivity contribution in [2.24, 2.45) is 0 Å². The summed E-state index contributed by atoms with van der Waals surface area (Å²) in [5.41, 5.74) is 0. The smallest absolute Gasteiger partial charge is 0.244 e. The summed E-state index contributed by atoms with van der Waals surface area (Å²) in [5.74, 6) is 0. The summed E-state index contributed by atoms with van der Waals surface area (Å²) in [6, 6.07) is 2.05. The van der Waals surface area contributed by atoms with E-state index in [-0.39, 0.29) is 12.1 Å². The first-order valence-corrected chi connectivity index (χ1v) is 9.90. The van der Waals surface area contributed by atoms with E-state index in [0.717, 1.165) is 22.7 Å². The molecule has 0 aromatic carbocycles. The third-order valence-corrected chi connectivity index (χ3v) is 7.23. The molecule has 1 aliphatic heterocycles. The van der Waals surface area contributed by atoms with E-state index < -0.39 is 10.0 Å². The molecule has 6 heteroatoms. The molecule has 0 bridgehead atoms. The summed E-state index contributed by atoms with van der Waals surface area (Å²) in [7, 11) is -3.41. The van der Waals surface area contributed by atoms with Crippen LogP contribution in [0, 0.1) is 13.8 Å². The number of piperidine rings is 1. The molecule has 0 saturated carbocycles. The Morgan fingerprint density at radius 2 is 2.10 bits per heavy atom. The van der Waals surface area contributed by atoms with Crippen molar-refractivity contribution >= 4 is 21.4 Å². The van der Waals surface area contributed by atoms with Gasteiger partial charge in [0.15, 0.2) is 0 Å². The number of thiophene rings is 1. The monoisotopic (exact) mass is 330 g/mol. The van der Waals surface area contributed by atoms with E-state index in [2.05, 4.69) is 5.32 Å². The maximum absolute atomic E-state index is 13.0. The van der Waals surface area contributed by atoms with Crippen LogP contribution in [0.25, 0.3) is 0 Å². The summed E-state index contributed by atoms with van der Waals surface area (Å²) in [4.78, 5) is 2.41. The minimum atomic E-state index is -3.41. The third-order valence-electron chi connectivity index (χ3n) is 3.97. The van der Waals surface area contributed by atoms with Crippen LogP contribution in [0.2, 0.25) is 0 Å². The Morgan fingerprint density at radius 1 is 1.38 bits per heavy atom. The Balaban J connectivity index is 2.25. The normalized spacial score (nSPS) is 20.4. The molecule has 1 N–H and O–H groups in total. The van der Waals surface area contributed by atoms with Crippen LogP contribution in [0.1, 0.15) is 42.9 Å². The molecule has 1 fully saturated rings. The second-order valence-corrected chi connectivity index (χ2v) is 9.41. The zero-order chi connectivity index (χ0) is 15.6. The van der Waals surface area contributed by atoms with E-state index >= 15 is 0 Å². The molecule has 0 radical (unpaired) electrons. The summed E-state index contributed by atoms with van der Waals surface area (Å²) in [6.45, 7) is 9.31. The van der Waals surface area contributed by atoms with Crippen molar-refractivity contribution < 1.29 is 8.42 Å². The maximum Gasteiger partial charge on any atom is 0.244 e. The van der Waals surface area contributed by atoms with Crippen LogP contribution < -0.4 is 5.32 Å². The molecule has 2 heterocycles. The van der Waals surface area contributed by atoms with Gasteiger partial charge < -0.3 is 5.32 Å². The summed E-state index contributed by atoms with van der Waals surface area (Å²) < 4.78 is 27.6. The molecule has 120 valence electrons. The predicted molar refractivity (Wildman–Crippen MR) is 88.5 cm³/mol. The minimum absolute atomic E-state index is 0.0293. The number of sulfonamides is 1. The van der Waals surface area contributed by atoms with Gasteiger partial charge in [0, 0.05) is 28.4 Å². The van der Waals surface area contributed by atoms with Gasteiger partial charge >= 0.3 is 0 Å². The minimum Gasteiger partial charge on any atom is -0.313 e. The lowest BCUT2D eigenvalue weighted by molar-refractivity contribution is 0.282. The van der Waals surface area contributed by atoms with E-state index in [1.807, 2.05) is 27.7 Å². The molecule has 1 unspecified atom stereocenters. The molecule has 0 spiro atoms. The van der Waals surface area contributed by atoms with Gasteiger partial charge in [0.2, 0.25) is 10.0 Å². The van der Waals surface area contributed by atoms with Crippen LogP contribution in [0.15, 0.2) is 11.0 Å². The van der Waals surface area contributed by atoms with E-state index in [4.69, 9.17) is 0 Å². The second-order valence-electron chi connectivity index (χ2n) is 6.09. The Labute approximate surface area is 132 Å². The first-order chi connectivity index (χ1) is 9.82. The van der Waals surface area contributed by atoms with Crippen molar-refractivity contribution in [2.75, 3.05) is 13.1 Å². The molecule has 1 aromatic heterocycles. The zero-order valence-electron chi connectivity index (χ0n) is 13.3. The van der Waals surface area contributed by atoms with Crippen LogP contribution in [-0.4, -0.2) is 37.9 Å². The molecular weight excluding hydrogens is 304 g/mol. The molecular formula is C15H26N2O2S2. The van der Waals surface area contributed by atoms with Gasteiger partial charge in [0.05, 0.1) is 4.90 Å². The molecule has 1 saturated heterocycles. The van der Waals surface area contributed by atoms with Crippen LogP contribution in [-0.2, 0) is 10.0 Å². The van der Waals surface area contributed by atoms with E-state index in [0.29, 0.717) is 11.4 Å². The molecule has 1 aliphatic rings. The fourth-order valence-electron chi connectivity index (χ4n) is 2.87. The highest BCUT2D eigenvalue weighted by atomic mass is 32.2. The van der Waals surface area contributed by atoms with Crippen LogP contribution in [0.4, 0.5) is 0 Å². The largest absolute Gasteiger partial charge is 0.313 e. The van der Waals surface area contributed by atoms with Crippen LogP contribution in [0.5, 0.6) is 0 Å². The highest BCUT2D eigenvalue weighted by Gasteiger charge is 2.31. The summed E-state index contributed by atoms with van der Waals surface area (Å²) >= 11 is 1.55. The lowest BCUT2D eigenvalue weighted by atomic mass is 10.1. The van der Waals surface area contributed by atoms with Gasteiger partial charge in [-0.1, -0.05) is 6.42 Å². The van der Waals surface area contributed by atoms with Gasteiger partial charge in [-0.3, -0.25) is 0 Å². The molecule has 1 aromatic rings. The lowest BCUT2D eigenvalue weighted by Gasteiger charge is -2.32. The lowest BCUT2D eigenvalue weighted by Crippen LogP contribution is -2.48. The number of rotatable bonds is 5. The summed E-state index contributed by atoms with van der Waals surface area (Å²) in [5, 5.41) is 3.44. The Morgan fingerprint density at radius 3 is 2.57 bits per heavy atom. The fourth-order valence-corrected chi connectivity index (χ4v) is 6.08. The van der Waals surface area contributed by atoms with Gasteiger partial charge in [0.1, 0.15) is 0 Å². The third kappa shape index (κ3) is 3.86. The Kier molecular flexibility index (Phi) is 5.46. The molecule has 4 nitrogen and oxygen atoms in total. The highest BCUT2D eigenvalue weighted by molar-refractivity contribution is 7.89. The average molecular weight is 331 g/mol. The van der Waals surface area contributed by atoms with Crippen molar-refractivity contribution in [2.45, 2.75) is 63.9 Å². The van der Waals surface area contributed by atoms with Gasteiger partial charge in [-0.05, 0) is 53.1 Å². The van der Waals surface area contributed by atoms with Crippen molar-refractivity contribution in [3.8, 4) is 0 Å². The average Bonchev–Trinajstić information content (AvgIpc) is 2.76. The van der Waals surface area contributed by atoms with Crippen molar-refractivity contribution in [1.82, 2.24) is 9.62 Å². The standard InChI is InChI=1S/C15H26N2O2S2/c1-11(2)17(10-14-7-5-6-8-16-14)21(18,19)15-9-12(3)20-13(15)4/h9,11,14,16H,5-8,10H2,1-4H3. The van der Waals surface area contributed by atoms with E-state index in [1.54, 1.807) is 21.7 Å². The SMILES string of the molecule is Cc1cc(S(=O)(=O)N(CC2CCCCN2)C(C)C)c(C)s1. The van der Waals surface area contributed by atoms with Crippen LogP contribution >= 0.6 is 11.3 Å². The van der Waals surface area contributed by atoms with Gasteiger partial charge in [-0.15, -0.1) is 11.3 Å². The quantitative estimate of drug-likeness (QED) is 0.903. The molecule has 0 amide bonds. The maximum atomic E-state index is 13.0. The molecule has 21 heavy (non-hydrogen) atoms. The topological polar surface area (TPSA) is 49.4 Å². The van der Waals surface area contributed by atoms with Crippen molar-refractivity contribution in [3.63, 3.8) is 0 Å². The van der Waals surface area contributed by atoms with Crippen molar-refractivity contribution in [1.29, 1.82) is 0 Å². The number of nitrogens with zero attached hydrogens (tertiary/aromatic N) is 1. The predicted octanol–water partition coefficient (Wildman–Crippen LogP) is 2.91. The van der Waals surface area contributed by atoms with Gasteiger partial charge in [-0.2, -0.15) is 4.31 Å². The van der Waals surface area contributed by atoms with Crippen molar-refractivity contribution in [3.05, 3.63) is 15.8 Å². The molecule has 0 aliphatic carbocycles. The fraction of sp³-hybridized carbons (Fsp3) is 0.733. The number of aryl methyl sites for hydroxylation is 2. The van der Waals surface area contributed by atoms with Gasteiger partial charge in [0.25, 0.3) is 0 Å². The summed E-state index contributed by atoms with van der Waals surface area (Å²) in [6.07, 6.45) is 3.42. The second kappa shape index (κ2) is 6.77. The molecule has 2 rings (SSSR count). The van der Waals surface area contributed by atoms with Crippen LogP contribution in [0.3, 0.4) is 0 Å². The zero-order valence-corrected chi connectivity index (χ0v) is 15.0. The Bertz CT molecular complexity index is 572. The van der Waals surface area contributed by atoms with E-state index in [9.17, 15) is 8.42 Å². The molecule has 1 atom stereocenters. The number of hydrogen-bond donors (Lipinski definition) is 1. The number of nitrogens with one attached hydrogen (secondary N) is 1. The van der Waals surface area contributed by atoms with Gasteiger partial charge in [-0.25, -0.2) is 8.42 Å².